The number of nitrogens with zero attached hydrogens (tertiary/aromatic N) is 1. The lowest BCUT2D eigenvalue weighted by Crippen LogP contribution is -2.45. The molecule has 4 heteroatoms. The molecule has 20 heavy (non-hydrogen) atoms. The molecule has 1 saturated heterocycles. The van der Waals surface area contributed by atoms with Crippen molar-refractivity contribution in [2.45, 2.75) is 51.7 Å². The Balaban J connectivity index is 2.03. The zero-order valence-electron chi connectivity index (χ0n) is 12.3. The third-order valence-corrected chi connectivity index (χ3v) is 4.86. The van der Waals surface area contributed by atoms with Gasteiger partial charge >= 0.3 is 0 Å². The Bertz CT molecular complexity index is 428. The number of benzene rings is 1. The van der Waals surface area contributed by atoms with E-state index in [4.69, 9.17) is 23.2 Å². The van der Waals surface area contributed by atoms with Crippen LogP contribution >= 0.6 is 23.2 Å². The first-order valence-electron chi connectivity index (χ1n) is 7.48. The summed E-state index contributed by atoms with van der Waals surface area (Å²) in [5.41, 5.74) is 1.11. The normalized spacial score (nSPS) is 19.8. The molecule has 1 aliphatic rings. The molecule has 1 heterocycles. The van der Waals surface area contributed by atoms with E-state index >= 15 is 0 Å². The van der Waals surface area contributed by atoms with Crippen LogP contribution in [0.5, 0.6) is 0 Å². The van der Waals surface area contributed by atoms with Crippen molar-refractivity contribution in [3.63, 3.8) is 0 Å². The van der Waals surface area contributed by atoms with Crippen LogP contribution in [-0.4, -0.2) is 30.1 Å². The zero-order chi connectivity index (χ0) is 14.5. The molecular formula is C16H24Cl2N2. The largest absolute Gasteiger partial charge is 0.313 e. The molecule has 0 radical (unpaired) electrons. The van der Waals surface area contributed by atoms with Gasteiger partial charge < -0.3 is 5.32 Å². The van der Waals surface area contributed by atoms with E-state index in [1.807, 2.05) is 12.1 Å². The van der Waals surface area contributed by atoms with Crippen molar-refractivity contribution in [3.8, 4) is 0 Å². The van der Waals surface area contributed by atoms with E-state index in [-0.39, 0.29) is 0 Å². The van der Waals surface area contributed by atoms with Crippen LogP contribution in [0.25, 0.3) is 0 Å². The Hall–Kier alpha value is -0.280. The van der Waals surface area contributed by atoms with Gasteiger partial charge in [0, 0.05) is 25.2 Å². The van der Waals surface area contributed by atoms with E-state index in [0.717, 1.165) is 25.2 Å². The monoisotopic (exact) mass is 314 g/mol. The molecule has 2 nitrogen and oxygen atoms in total. The van der Waals surface area contributed by atoms with Crippen LogP contribution in [-0.2, 0) is 6.54 Å². The van der Waals surface area contributed by atoms with Crippen LogP contribution in [0.2, 0.25) is 10.0 Å². The Kier molecular flexibility index (Phi) is 6.16. The van der Waals surface area contributed by atoms with Crippen molar-refractivity contribution in [2.24, 2.45) is 0 Å². The van der Waals surface area contributed by atoms with Gasteiger partial charge in [-0.25, -0.2) is 0 Å². The van der Waals surface area contributed by atoms with Crippen LogP contribution < -0.4 is 5.32 Å². The minimum atomic E-state index is 0.494. The molecule has 1 N–H and O–H groups in total. The number of nitrogens with one attached hydrogen (secondary N) is 1. The summed E-state index contributed by atoms with van der Waals surface area (Å²) in [6.45, 7) is 7.55. The van der Waals surface area contributed by atoms with Gasteiger partial charge in [0.15, 0.2) is 0 Å². The van der Waals surface area contributed by atoms with Crippen molar-refractivity contribution >= 4 is 23.2 Å². The van der Waals surface area contributed by atoms with E-state index in [1.54, 1.807) is 0 Å². The maximum Gasteiger partial charge on any atom is 0.0637 e. The van der Waals surface area contributed by atoms with Gasteiger partial charge in [-0.2, -0.15) is 0 Å². The quantitative estimate of drug-likeness (QED) is 0.869. The molecule has 112 valence electrons. The van der Waals surface area contributed by atoms with Gasteiger partial charge in [0.05, 0.1) is 10.0 Å². The van der Waals surface area contributed by atoms with Gasteiger partial charge in [-0.3, -0.25) is 4.90 Å². The fourth-order valence-electron chi connectivity index (χ4n) is 2.71. The molecule has 1 aliphatic heterocycles. The number of hydrogen-bond donors (Lipinski definition) is 1. The Labute approximate surface area is 132 Å². The van der Waals surface area contributed by atoms with E-state index in [9.17, 15) is 0 Å². The van der Waals surface area contributed by atoms with Gasteiger partial charge in [0.25, 0.3) is 0 Å². The summed E-state index contributed by atoms with van der Waals surface area (Å²) in [6, 6.07) is 6.98. The first-order chi connectivity index (χ1) is 9.58. The first-order valence-corrected chi connectivity index (χ1v) is 8.24. The standard InChI is InChI=1S/C16H24Cl2N2/c1-12(2)20(11-14-7-3-4-9-19-14)10-13-6-5-8-15(17)16(13)18/h5-6,8,12,14,19H,3-4,7,9-11H2,1-2H3. The smallest absolute Gasteiger partial charge is 0.0637 e. The van der Waals surface area contributed by atoms with Gasteiger partial charge in [0.2, 0.25) is 0 Å². The summed E-state index contributed by atoms with van der Waals surface area (Å²) in [4.78, 5) is 2.47. The lowest BCUT2D eigenvalue weighted by Gasteiger charge is -2.33. The SMILES string of the molecule is CC(C)N(Cc1cccc(Cl)c1Cl)CC1CCCCN1. The molecule has 1 atom stereocenters. The van der Waals surface area contributed by atoms with E-state index < -0.39 is 0 Å². The van der Waals surface area contributed by atoms with E-state index in [2.05, 4.69) is 30.1 Å². The summed E-state index contributed by atoms with van der Waals surface area (Å²) >= 11 is 12.4. The maximum absolute atomic E-state index is 6.31. The molecule has 1 aromatic carbocycles. The first kappa shape index (κ1) is 16.1. The second-order valence-electron chi connectivity index (χ2n) is 5.88. The highest BCUT2D eigenvalue weighted by Gasteiger charge is 2.19. The lowest BCUT2D eigenvalue weighted by molar-refractivity contribution is 0.177. The number of hydrogen-bond acceptors (Lipinski definition) is 2. The van der Waals surface area contributed by atoms with Crippen LogP contribution in [0.3, 0.4) is 0 Å². The Morgan fingerprint density at radius 3 is 2.75 bits per heavy atom. The lowest BCUT2D eigenvalue weighted by atomic mass is 10.0. The van der Waals surface area contributed by atoms with Gasteiger partial charge in [-0.05, 0) is 44.9 Å². The topological polar surface area (TPSA) is 15.3 Å². The van der Waals surface area contributed by atoms with E-state index in [1.165, 1.54) is 19.3 Å². The van der Waals surface area contributed by atoms with Crippen molar-refractivity contribution in [1.82, 2.24) is 10.2 Å². The van der Waals surface area contributed by atoms with Crippen LogP contribution in [0.15, 0.2) is 18.2 Å². The summed E-state index contributed by atoms with van der Waals surface area (Å²) < 4.78 is 0. The van der Waals surface area contributed by atoms with E-state index in [0.29, 0.717) is 22.1 Å². The minimum Gasteiger partial charge on any atom is -0.313 e. The highest BCUT2D eigenvalue weighted by Crippen LogP contribution is 2.27. The molecule has 1 unspecified atom stereocenters. The predicted molar refractivity (Wildman–Crippen MR) is 87.6 cm³/mol. The second-order valence-corrected chi connectivity index (χ2v) is 6.67. The molecule has 0 spiro atoms. The maximum atomic E-state index is 6.31. The fourth-order valence-corrected chi connectivity index (χ4v) is 3.09. The molecular weight excluding hydrogens is 291 g/mol. The molecule has 0 aromatic heterocycles. The fraction of sp³-hybridized carbons (Fsp3) is 0.625. The second kappa shape index (κ2) is 7.65. The van der Waals surface area contributed by atoms with Crippen LogP contribution in [0, 0.1) is 0 Å². The predicted octanol–water partition coefficient (Wildman–Crippen LogP) is 4.35. The molecule has 1 fully saturated rings. The Morgan fingerprint density at radius 2 is 2.10 bits per heavy atom. The molecule has 0 saturated carbocycles. The van der Waals surface area contributed by atoms with Gasteiger partial charge in [-0.15, -0.1) is 0 Å². The molecule has 1 aromatic rings. The summed E-state index contributed by atoms with van der Waals surface area (Å²) in [6.07, 6.45) is 3.91. The van der Waals surface area contributed by atoms with Gasteiger partial charge in [0.1, 0.15) is 0 Å². The molecule has 0 amide bonds. The van der Waals surface area contributed by atoms with Crippen molar-refractivity contribution in [1.29, 1.82) is 0 Å². The Morgan fingerprint density at radius 1 is 1.30 bits per heavy atom. The van der Waals surface area contributed by atoms with Crippen LogP contribution in [0.1, 0.15) is 38.7 Å². The average molecular weight is 315 g/mol. The summed E-state index contributed by atoms with van der Waals surface area (Å²) in [7, 11) is 0. The van der Waals surface area contributed by atoms with Gasteiger partial charge in [-0.1, -0.05) is 41.8 Å². The number of piperidine rings is 1. The van der Waals surface area contributed by atoms with Crippen molar-refractivity contribution in [2.75, 3.05) is 13.1 Å². The third kappa shape index (κ3) is 4.36. The summed E-state index contributed by atoms with van der Waals surface area (Å²) in [5.74, 6) is 0. The third-order valence-electron chi connectivity index (χ3n) is 4.00. The highest BCUT2D eigenvalue weighted by atomic mass is 35.5. The molecule has 0 bridgehead atoms. The number of halogens is 2. The highest BCUT2D eigenvalue weighted by molar-refractivity contribution is 6.42. The number of rotatable bonds is 5. The molecule has 0 aliphatic carbocycles. The van der Waals surface area contributed by atoms with Crippen LogP contribution in [0.4, 0.5) is 0 Å². The van der Waals surface area contributed by atoms with Crippen molar-refractivity contribution < 1.29 is 0 Å². The zero-order valence-corrected chi connectivity index (χ0v) is 13.8. The molecule has 2 rings (SSSR count). The van der Waals surface area contributed by atoms with Crippen molar-refractivity contribution in [3.05, 3.63) is 33.8 Å². The summed E-state index contributed by atoms with van der Waals surface area (Å²) in [5, 5.41) is 4.95. The average Bonchev–Trinajstić information content (AvgIpc) is 2.44. The minimum absolute atomic E-state index is 0.494.